The largest absolute Gasteiger partial charge is 0.369 e. The smallest absolute Gasteiger partial charge is 0.126 e. The molecular weight excluding hydrogens is 234 g/mol. The van der Waals surface area contributed by atoms with Crippen LogP contribution in [0.25, 0.3) is 0 Å². The van der Waals surface area contributed by atoms with Crippen LogP contribution < -0.4 is 5.32 Å². The predicted octanol–water partition coefficient (Wildman–Crippen LogP) is 3.02. The van der Waals surface area contributed by atoms with Crippen LogP contribution in [0.15, 0.2) is 18.3 Å². The van der Waals surface area contributed by atoms with Crippen molar-refractivity contribution in [2.45, 2.75) is 31.7 Å². The maximum Gasteiger partial charge on any atom is 0.126 e. The first kappa shape index (κ1) is 12.7. The number of likely N-dealkylation sites (N-methyl/N-ethyl adjacent to an activating group) is 1. The molecule has 0 amide bonds. The van der Waals surface area contributed by atoms with E-state index in [0.717, 1.165) is 24.9 Å². The molecule has 4 heteroatoms. The SMILES string of the molecule is CN(CCNc1ccc(Cl)cn1)C1CCCC1. The summed E-state index contributed by atoms with van der Waals surface area (Å²) >= 11 is 5.78. The first-order valence-corrected chi connectivity index (χ1v) is 6.69. The van der Waals surface area contributed by atoms with E-state index in [1.165, 1.54) is 25.7 Å². The van der Waals surface area contributed by atoms with Crippen molar-refractivity contribution < 1.29 is 0 Å². The molecule has 0 unspecified atom stereocenters. The molecular formula is C13H20ClN3. The zero-order valence-corrected chi connectivity index (χ0v) is 11.1. The van der Waals surface area contributed by atoms with Crippen molar-refractivity contribution in [2.75, 3.05) is 25.5 Å². The lowest BCUT2D eigenvalue weighted by atomic mass is 10.2. The van der Waals surface area contributed by atoms with Crippen molar-refractivity contribution in [1.82, 2.24) is 9.88 Å². The number of anilines is 1. The lowest BCUT2D eigenvalue weighted by Gasteiger charge is -2.24. The van der Waals surface area contributed by atoms with E-state index in [0.29, 0.717) is 5.02 Å². The fraction of sp³-hybridized carbons (Fsp3) is 0.615. The molecule has 0 saturated heterocycles. The van der Waals surface area contributed by atoms with Gasteiger partial charge in [0.05, 0.1) is 5.02 Å². The fourth-order valence-corrected chi connectivity index (χ4v) is 2.48. The van der Waals surface area contributed by atoms with E-state index in [9.17, 15) is 0 Å². The van der Waals surface area contributed by atoms with Crippen molar-refractivity contribution in [1.29, 1.82) is 0 Å². The summed E-state index contributed by atoms with van der Waals surface area (Å²) in [5.41, 5.74) is 0. The molecule has 1 heterocycles. The van der Waals surface area contributed by atoms with Crippen LogP contribution in [0.2, 0.25) is 5.02 Å². The Morgan fingerprint density at radius 2 is 2.18 bits per heavy atom. The summed E-state index contributed by atoms with van der Waals surface area (Å²) in [6.45, 7) is 2.00. The number of halogens is 1. The molecule has 0 aliphatic heterocycles. The van der Waals surface area contributed by atoms with E-state index in [2.05, 4.69) is 22.2 Å². The lowest BCUT2D eigenvalue weighted by Crippen LogP contribution is -2.33. The highest BCUT2D eigenvalue weighted by molar-refractivity contribution is 6.30. The standard InChI is InChI=1S/C13H20ClN3/c1-17(12-4-2-3-5-12)9-8-15-13-7-6-11(14)10-16-13/h6-7,10,12H,2-5,8-9H2,1H3,(H,15,16). The van der Waals surface area contributed by atoms with Gasteiger partial charge in [0, 0.05) is 25.3 Å². The number of aromatic nitrogens is 1. The molecule has 17 heavy (non-hydrogen) atoms. The highest BCUT2D eigenvalue weighted by Gasteiger charge is 2.18. The molecule has 1 saturated carbocycles. The Labute approximate surface area is 108 Å². The van der Waals surface area contributed by atoms with Crippen LogP contribution >= 0.6 is 11.6 Å². The minimum absolute atomic E-state index is 0.679. The zero-order chi connectivity index (χ0) is 12.1. The first-order chi connectivity index (χ1) is 8.25. The molecule has 0 atom stereocenters. The number of hydrogen-bond donors (Lipinski definition) is 1. The highest BCUT2D eigenvalue weighted by atomic mass is 35.5. The van der Waals surface area contributed by atoms with Gasteiger partial charge in [0.15, 0.2) is 0 Å². The average Bonchev–Trinajstić information content (AvgIpc) is 2.85. The molecule has 0 radical (unpaired) electrons. The Hall–Kier alpha value is -0.800. The molecule has 1 N–H and O–H groups in total. The van der Waals surface area contributed by atoms with E-state index < -0.39 is 0 Å². The second-order valence-corrected chi connectivity index (χ2v) is 5.14. The number of nitrogens with one attached hydrogen (secondary N) is 1. The second-order valence-electron chi connectivity index (χ2n) is 4.71. The quantitative estimate of drug-likeness (QED) is 0.874. The second kappa shape index (κ2) is 6.22. The van der Waals surface area contributed by atoms with Crippen LogP contribution in [0.4, 0.5) is 5.82 Å². The van der Waals surface area contributed by atoms with Crippen LogP contribution in [0.3, 0.4) is 0 Å². The summed E-state index contributed by atoms with van der Waals surface area (Å²) in [5, 5.41) is 3.99. The summed E-state index contributed by atoms with van der Waals surface area (Å²) in [5.74, 6) is 0.897. The highest BCUT2D eigenvalue weighted by Crippen LogP contribution is 2.21. The number of hydrogen-bond acceptors (Lipinski definition) is 3. The normalized spacial score (nSPS) is 16.6. The van der Waals surface area contributed by atoms with Crippen molar-refractivity contribution in [2.24, 2.45) is 0 Å². The summed E-state index contributed by atoms with van der Waals surface area (Å²) in [7, 11) is 2.22. The average molecular weight is 254 g/mol. The third-order valence-electron chi connectivity index (χ3n) is 3.45. The Balaban J connectivity index is 1.70. The maximum absolute atomic E-state index is 5.78. The van der Waals surface area contributed by atoms with E-state index in [1.807, 2.05) is 12.1 Å². The molecule has 3 nitrogen and oxygen atoms in total. The minimum Gasteiger partial charge on any atom is -0.369 e. The lowest BCUT2D eigenvalue weighted by molar-refractivity contribution is 0.254. The number of pyridine rings is 1. The van der Waals surface area contributed by atoms with Crippen LogP contribution in [0, 0.1) is 0 Å². The van der Waals surface area contributed by atoms with Crippen LogP contribution in [-0.2, 0) is 0 Å². The number of rotatable bonds is 5. The summed E-state index contributed by atoms with van der Waals surface area (Å²) < 4.78 is 0. The van der Waals surface area contributed by atoms with Gasteiger partial charge in [0.1, 0.15) is 5.82 Å². The van der Waals surface area contributed by atoms with Crippen molar-refractivity contribution >= 4 is 17.4 Å². The van der Waals surface area contributed by atoms with E-state index in [1.54, 1.807) is 6.20 Å². The third-order valence-corrected chi connectivity index (χ3v) is 3.67. The first-order valence-electron chi connectivity index (χ1n) is 6.31. The van der Waals surface area contributed by atoms with Gasteiger partial charge < -0.3 is 10.2 Å². The molecule has 0 spiro atoms. The van der Waals surface area contributed by atoms with Gasteiger partial charge in [0.25, 0.3) is 0 Å². The zero-order valence-electron chi connectivity index (χ0n) is 10.3. The van der Waals surface area contributed by atoms with E-state index in [-0.39, 0.29) is 0 Å². The summed E-state index contributed by atoms with van der Waals surface area (Å²) in [6.07, 6.45) is 7.16. The predicted molar refractivity (Wildman–Crippen MR) is 72.6 cm³/mol. The van der Waals surface area contributed by atoms with Gasteiger partial charge in [-0.15, -0.1) is 0 Å². The maximum atomic E-state index is 5.78. The van der Waals surface area contributed by atoms with Crippen molar-refractivity contribution in [3.8, 4) is 0 Å². The fourth-order valence-electron chi connectivity index (χ4n) is 2.37. The Kier molecular flexibility index (Phi) is 4.63. The van der Waals surface area contributed by atoms with Gasteiger partial charge in [-0.05, 0) is 32.0 Å². The van der Waals surface area contributed by atoms with Crippen molar-refractivity contribution in [3.05, 3.63) is 23.4 Å². The van der Waals surface area contributed by atoms with E-state index in [4.69, 9.17) is 11.6 Å². The molecule has 94 valence electrons. The van der Waals surface area contributed by atoms with Crippen molar-refractivity contribution in [3.63, 3.8) is 0 Å². The molecule has 1 aromatic heterocycles. The van der Waals surface area contributed by atoms with Gasteiger partial charge in [-0.2, -0.15) is 0 Å². The van der Waals surface area contributed by atoms with Gasteiger partial charge in [-0.25, -0.2) is 4.98 Å². The third kappa shape index (κ3) is 3.86. The Morgan fingerprint density at radius 3 is 2.82 bits per heavy atom. The van der Waals surface area contributed by atoms with Gasteiger partial charge >= 0.3 is 0 Å². The molecule has 1 aliphatic carbocycles. The Morgan fingerprint density at radius 1 is 1.41 bits per heavy atom. The minimum atomic E-state index is 0.679. The van der Waals surface area contributed by atoms with Crippen LogP contribution in [0.1, 0.15) is 25.7 Å². The topological polar surface area (TPSA) is 28.2 Å². The molecule has 0 aromatic carbocycles. The Bertz CT molecular complexity index is 333. The van der Waals surface area contributed by atoms with Gasteiger partial charge in [-0.3, -0.25) is 0 Å². The molecule has 0 bridgehead atoms. The summed E-state index contributed by atoms with van der Waals surface area (Å²) in [4.78, 5) is 6.67. The van der Waals surface area contributed by atoms with E-state index >= 15 is 0 Å². The van der Waals surface area contributed by atoms with Gasteiger partial charge in [0.2, 0.25) is 0 Å². The molecule has 2 rings (SSSR count). The van der Waals surface area contributed by atoms with Gasteiger partial charge in [-0.1, -0.05) is 24.4 Å². The van der Waals surface area contributed by atoms with Crippen LogP contribution in [-0.4, -0.2) is 36.1 Å². The molecule has 1 aliphatic rings. The van der Waals surface area contributed by atoms with Crippen LogP contribution in [0.5, 0.6) is 0 Å². The number of nitrogens with zero attached hydrogens (tertiary/aromatic N) is 2. The monoisotopic (exact) mass is 253 g/mol. The summed E-state index contributed by atoms with van der Waals surface area (Å²) in [6, 6.07) is 4.56. The molecule has 1 fully saturated rings. The molecule has 1 aromatic rings.